The van der Waals surface area contributed by atoms with E-state index < -0.39 is 0 Å². The van der Waals surface area contributed by atoms with E-state index in [1.165, 1.54) is 0 Å². The lowest BCUT2D eigenvalue weighted by molar-refractivity contribution is 0.0511. The number of methoxy groups -OCH3 is 1. The van der Waals surface area contributed by atoms with E-state index in [1.807, 2.05) is 42.5 Å². The molecule has 1 amide bonds. The van der Waals surface area contributed by atoms with Gasteiger partial charge in [-0.05, 0) is 36.2 Å². The minimum absolute atomic E-state index is 0.125. The zero-order valence-corrected chi connectivity index (χ0v) is 13.1. The van der Waals surface area contributed by atoms with Crippen molar-refractivity contribution in [2.75, 3.05) is 20.5 Å². The summed E-state index contributed by atoms with van der Waals surface area (Å²) in [5.41, 5.74) is 1.58. The molecule has 0 heterocycles. The standard InChI is InChI=1S/C18H21NO4/c1-22-13-23-17-9-7-14(8-10-17)11-16(12-20)19-18(21)15-5-3-2-4-6-15/h2-10,16,20H,11-13H2,1H3,(H,19,21)/t16-/m0/s1. The van der Waals surface area contributed by atoms with Gasteiger partial charge in [0.25, 0.3) is 5.91 Å². The van der Waals surface area contributed by atoms with Crippen LogP contribution in [0.2, 0.25) is 0 Å². The molecule has 0 saturated heterocycles. The largest absolute Gasteiger partial charge is 0.468 e. The molecule has 5 nitrogen and oxygen atoms in total. The molecule has 2 aromatic rings. The van der Waals surface area contributed by atoms with E-state index in [2.05, 4.69) is 5.32 Å². The predicted molar refractivity (Wildman–Crippen MR) is 87.4 cm³/mol. The fraction of sp³-hybridized carbons (Fsp3) is 0.278. The zero-order valence-electron chi connectivity index (χ0n) is 13.1. The third-order valence-corrected chi connectivity index (χ3v) is 3.34. The fourth-order valence-electron chi connectivity index (χ4n) is 2.15. The summed E-state index contributed by atoms with van der Waals surface area (Å²) in [7, 11) is 1.57. The maximum atomic E-state index is 12.1. The first-order chi connectivity index (χ1) is 11.2. The molecular formula is C18H21NO4. The highest BCUT2D eigenvalue weighted by Gasteiger charge is 2.13. The zero-order chi connectivity index (χ0) is 16.5. The SMILES string of the molecule is COCOc1ccc(C[C@@H](CO)NC(=O)c2ccccc2)cc1. The number of rotatable bonds is 8. The average Bonchev–Trinajstić information content (AvgIpc) is 2.61. The Morgan fingerprint density at radius 3 is 2.43 bits per heavy atom. The lowest BCUT2D eigenvalue weighted by Gasteiger charge is -2.16. The Kier molecular flexibility index (Phi) is 6.59. The highest BCUT2D eigenvalue weighted by atomic mass is 16.7. The van der Waals surface area contributed by atoms with Crippen LogP contribution in [0.3, 0.4) is 0 Å². The Balaban J connectivity index is 1.92. The lowest BCUT2D eigenvalue weighted by Crippen LogP contribution is -2.39. The van der Waals surface area contributed by atoms with E-state index in [0.29, 0.717) is 17.7 Å². The first-order valence-corrected chi connectivity index (χ1v) is 7.40. The van der Waals surface area contributed by atoms with Gasteiger partial charge in [-0.2, -0.15) is 0 Å². The molecule has 0 spiro atoms. The smallest absolute Gasteiger partial charge is 0.251 e. The summed E-state index contributed by atoms with van der Waals surface area (Å²) in [5, 5.41) is 12.3. The summed E-state index contributed by atoms with van der Waals surface area (Å²) in [6, 6.07) is 16.1. The van der Waals surface area contributed by atoms with Crippen molar-refractivity contribution in [3.63, 3.8) is 0 Å². The first kappa shape index (κ1) is 17.0. The van der Waals surface area contributed by atoms with Crippen LogP contribution in [0.5, 0.6) is 5.75 Å². The van der Waals surface area contributed by atoms with E-state index in [1.54, 1.807) is 19.2 Å². The van der Waals surface area contributed by atoms with Crippen molar-refractivity contribution in [1.29, 1.82) is 0 Å². The Labute approximate surface area is 135 Å². The van der Waals surface area contributed by atoms with E-state index >= 15 is 0 Å². The molecule has 0 aliphatic rings. The molecule has 0 aliphatic carbocycles. The summed E-state index contributed by atoms with van der Waals surface area (Å²) < 4.78 is 10.2. The quantitative estimate of drug-likeness (QED) is 0.731. The molecule has 0 unspecified atom stereocenters. The minimum Gasteiger partial charge on any atom is -0.468 e. The molecule has 0 saturated carbocycles. The van der Waals surface area contributed by atoms with Gasteiger partial charge in [0, 0.05) is 12.7 Å². The van der Waals surface area contributed by atoms with E-state index in [0.717, 1.165) is 5.56 Å². The first-order valence-electron chi connectivity index (χ1n) is 7.40. The second-order valence-electron chi connectivity index (χ2n) is 5.12. The second kappa shape index (κ2) is 8.92. The summed E-state index contributed by atoms with van der Waals surface area (Å²) in [6.45, 7) is 0.0756. The van der Waals surface area contributed by atoms with E-state index in [-0.39, 0.29) is 25.3 Å². The summed E-state index contributed by atoms with van der Waals surface area (Å²) in [6.07, 6.45) is 0.541. The number of aliphatic hydroxyl groups excluding tert-OH is 1. The van der Waals surface area contributed by atoms with Crippen molar-refractivity contribution in [3.8, 4) is 5.75 Å². The molecule has 0 fully saturated rings. The van der Waals surface area contributed by atoms with Gasteiger partial charge < -0.3 is 19.9 Å². The topological polar surface area (TPSA) is 67.8 Å². The van der Waals surface area contributed by atoms with Crippen molar-refractivity contribution >= 4 is 5.91 Å². The maximum Gasteiger partial charge on any atom is 0.251 e. The van der Waals surface area contributed by atoms with Gasteiger partial charge >= 0.3 is 0 Å². The van der Waals surface area contributed by atoms with E-state index in [9.17, 15) is 9.90 Å². The predicted octanol–water partition coefficient (Wildman–Crippen LogP) is 2.00. The van der Waals surface area contributed by atoms with Crippen LogP contribution in [0.15, 0.2) is 54.6 Å². The number of carbonyl (C=O) groups is 1. The second-order valence-corrected chi connectivity index (χ2v) is 5.12. The van der Waals surface area contributed by atoms with Crippen molar-refractivity contribution < 1.29 is 19.4 Å². The monoisotopic (exact) mass is 315 g/mol. The van der Waals surface area contributed by atoms with Crippen LogP contribution in [0, 0.1) is 0 Å². The van der Waals surface area contributed by atoms with Crippen LogP contribution in [0.25, 0.3) is 0 Å². The van der Waals surface area contributed by atoms with Crippen LogP contribution >= 0.6 is 0 Å². The van der Waals surface area contributed by atoms with Crippen LogP contribution < -0.4 is 10.1 Å². The molecule has 2 rings (SSSR count). The third kappa shape index (κ3) is 5.39. The summed E-state index contributed by atoms with van der Waals surface area (Å²) in [4.78, 5) is 12.1. The molecule has 2 aromatic carbocycles. The Morgan fingerprint density at radius 2 is 1.83 bits per heavy atom. The Bertz CT molecular complexity index is 598. The van der Waals surface area contributed by atoms with Gasteiger partial charge in [-0.25, -0.2) is 0 Å². The van der Waals surface area contributed by atoms with Crippen molar-refractivity contribution in [1.82, 2.24) is 5.32 Å². The van der Waals surface area contributed by atoms with E-state index in [4.69, 9.17) is 9.47 Å². The van der Waals surface area contributed by atoms with Gasteiger partial charge in [-0.15, -0.1) is 0 Å². The van der Waals surface area contributed by atoms with Crippen LogP contribution in [-0.4, -0.2) is 37.6 Å². The number of benzene rings is 2. The molecule has 1 atom stereocenters. The number of ether oxygens (including phenoxy) is 2. The van der Waals surface area contributed by atoms with Crippen molar-refractivity contribution in [2.24, 2.45) is 0 Å². The molecule has 0 radical (unpaired) electrons. The highest BCUT2D eigenvalue weighted by molar-refractivity contribution is 5.94. The highest BCUT2D eigenvalue weighted by Crippen LogP contribution is 2.13. The van der Waals surface area contributed by atoms with Gasteiger partial charge in [0.15, 0.2) is 6.79 Å². The van der Waals surface area contributed by atoms with Crippen molar-refractivity contribution in [2.45, 2.75) is 12.5 Å². The maximum absolute atomic E-state index is 12.1. The summed E-state index contributed by atoms with van der Waals surface area (Å²) >= 11 is 0. The Hall–Kier alpha value is -2.37. The average molecular weight is 315 g/mol. The minimum atomic E-state index is -0.339. The van der Waals surface area contributed by atoms with Gasteiger partial charge in [0.2, 0.25) is 0 Å². The molecule has 23 heavy (non-hydrogen) atoms. The molecular weight excluding hydrogens is 294 g/mol. The van der Waals surface area contributed by atoms with Gasteiger partial charge in [-0.1, -0.05) is 30.3 Å². The number of amides is 1. The fourth-order valence-corrected chi connectivity index (χ4v) is 2.15. The number of nitrogens with one attached hydrogen (secondary N) is 1. The number of hydrogen-bond acceptors (Lipinski definition) is 4. The Morgan fingerprint density at radius 1 is 1.13 bits per heavy atom. The number of carbonyl (C=O) groups excluding carboxylic acids is 1. The van der Waals surface area contributed by atoms with Crippen LogP contribution in [-0.2, 0) is 11.2 Å². The third-order valence-electron chi connectivity index (χ3n) is 3.34. The van der Waals surface area contributed by atoms with Crippen LogP contribution in [0.4, 0.5) is 0 Å². The van der Waals surface area contributed by atoms with Crippen LogP contribution in [0.1, 0.15) is 15.9 Å². The number of hydrogen-bond donors (Lipinski definition) is 2. The van der Waals surface area contributed by atoms with Gasteiger partial charge in [0.05, 0.1) is 12.6 Å². The molecule has 122 valence electrons. The molecule has 0 aromatic heterocycles. The van der Waals surface area contributed by atoms with Gasteiger partial charge in [-0.3, -0.25) is 4.79 Å². The molecule has 5 heteroatoms. The number of aliphatic hydroxyl groups is 1. The lowest BCUT2D eigenvalue weighted by atomic mass is 10.1. The van der Waals surface area contributed by atoms with Gasteiger partial charge in [0.1, 0.15) is 5.75 Å². The molecule has 0 aliphatic heterocycles. The summed E-state index contributed by atoms with van der Waals surface area (Å²) in [5.74, 6) is 0.522. The molecule has 2 N–H and O–H groups in total. The normalized spacial score (nSPS) is 11.7. The van der Waals surface area contributed by atoms with Crippen molar-refractivity contribution in [3.05, 3.63) is 65.7 Å². The molecule has 0 bridgehead atoms.